The summed E-state index contributed by atoms with van der Waals surface area (Å²) < 4.78 is 42.6. The van der Waals surface area contributed by atoms with Crippen molar-refractivity contribution in [3.05, 3.63) is 53.6 Å². The van der Waals surface area contributed by atoms with Crippen molar-refractivity contribution < 1.29 is 63.2 Å². The van der Waals surface area contributed by atoms with Crippen molar-refractivity contribution in [2.45, 2.75) is 153 Å². The van der Waals surface area contributed by atoms with Gasteiger partial charge in [-0.1, -0.05) is 55.9 Å². The quantitative estimate of drug-likeness (QED) is 0.141. The maximum atomic E-state index is 14.0. The van der Waals surface area contributed by atoms with E-state index in [1.807, 2.05) is 56.1 Å². The Bertz CT molecular complexity index is 1780. The predicted molar refractivity (Wildman–Crippen MR) is 240 cm³/mol. The van der Waals surface area contributed by atoms with Crippen LogP contribution < -0.4 is 5.73 Å². The van der Waals surface area contributed by atoms with E-state index in [4.69, 9.17) is 38.9 Å². The second kappa shape index (κ2) is 24.1. The number of nitrogens with zero attached hydrogens (tertiary/aromatic N) is 4. The summed E-state index contributed by atoms with van der Waals surface area (Å²) >= 11 is 0. The van der Waals surface area contributed by atoms with E-state index < -0.39 is 109 Å². The summed E-state index contributed by atoms with van der Waals surface area (Å²) in [6.07, 6.45) is -5.16. The Morgan fingerprint density at radius 2 is 1.62 bits per heavy atom. The highest BCUT2D eigenvalue weighted by atomic mass is 16.7. The monoisotopic (exact) mass is 918 g/mol. The van der Waals surface area contributed by atoms with Gasteiger partial charge in [0.2, 0.25) is 0 Å². The molecule has 366 valence electrons. The Kier molecular flexibility index (Phi) is 19.5. The van der Waals surface area contributed by atoms with Crippen LogP contribution in [0.25, 0.3) is 0 Å². The second-order valence-electron chi connectivity index (χ2n) is 18.5. The zero-order chi connectivity index (χ0) is 47.7. The summed E-state index contributed by atoms with van der Waals surface area (Å²) in [5.74, 6) is -3.01. The first-order chi connectivity index (χ1) is 30.9. The number of nitrogen functional groups attached to an aromatic ring is 1. The number of likely N-dealkylation sites (N-methyl/N-ethyl adjacent to an activating group) is 1. The number of benzene rings is 1. The van der Waals surface area contributed by atoms with Gasteiger partial charge in [0, 0.05) is 44.2 Å². The van der Waals surface area contributed by atoms with Crippen LogP contribution in [0.3, 0.4) is 0 Å². The molecule has 5 rings (SSSR count). The number of rotatable bonds is 13. The Hall–Kier alpha value is -3.40. The topological polar surface area (TPSA) is 237 Å². The lowest BCUT2D eigenvalue weighted by molar-refractivity contribution is -0.304. The van der Waals surface area contributed by atoms with E-state index in [0.717, 1.165) is 11.1 Å². The zero-order valence-electron chi connectivity index (χ0n) is 39.7. The van der Waals surface area contributed by atoms with E-state index in [1.54, 1.807) is 51.9 Å². The Balaban J connectivity index is 1.45. The van der Waals surface area contributed by atoms with Crippen molar-refractivity contribution in [2.75, 3.05) is 53.7 Å². The van der Waals surface area contributed by atoms with Gasteiger partial charge in [-0.15, -0.1) is 0 Å². The highest BCUT2D eigenvalue weighted by Crippen LogP contribution is 2.36. The molecule has 0 spiro atoms. The van der Waals surface area contributed by atoms with Crippen LogP contribution in [0.5, 0.6) is 0 Å². The molecule has 4 heterocycles. The molecule has 1 aromatic rings. The molecule has 0 aliphatic carbocycles. The summed E-state index contributed by atoms with van der Waals surface area (Å²) in [5.41, 5.74) is 8.35. The average molecular weight is 918 g/mol. The third-order valence-electron chi connectivity index (χ3n) is 13.5. The fraction of sp³-hybridized carbons (Fsp3) is 0.745. The number of allylic oxidation sites excluding steroid dienone is 3. The molecule has 4 aliphatic heterocycles. The van der Waals surface area contributed by atoms with Gasteiger partial charge in [0.15, 0.2) is 18.4 Å². The fourth-order valence-electron chi connectivity index (χ4n) is 9.48. The van der Waals surface area contributed by atoms with Crippen molar-refractivity contribution in [2.24, 2.45) is 34.0 Å². The number of aliphatic hydroxyl groups is 4. The summed E-state index contributed by atoms with van der Waals surface area (Å²) in [6.45, 7) is 11.7. The van der Waals surface area contributed by atoms with Crippen LogP contribution in [-0.4, -0.2) is 170 Å². The number of cyclic esters (lactones) is 1. The lowest BCUT2D eigenvalue weighted by atomic mass is 9.79. The number of methoxy groups -OCH3 is 2. The van der Waals surface area contributed by atoms with Gasteiger partial charge in [-0.25, -0.2) is 0 Å². The van der Waals surface area contributed by atoms with E-state index in [9.17, 15) is 30.0 Å². The maximum Gasteiger partial charge on any atom is 0.308 e. The first-order valence-corrected chi connectivity index (χ1v) is 23.0. The van der Waals surface area contributed by atoms with Gasteiger partial charge in [0.1, 0.15) is 36.6 Å². The first kappa shape index (κ1) is 52.6. The van der Waals surface area contributed by atoms with Gasteiger partial charge >= 0.3 is 5.97 Å². The van der Waals surface area contributed by atoms with Gasteiger partial charge in [0.25, 0.3) is 0 Å². The molecule has 65 heavy (non-hydrogen) atoms. The zero-order valence-corrected chi connectivity index (χ0v) is 39.7. The average Bonchev–Trinajstić information content (AvgIpc) is 3.75. The molecule has 2 fully saturated rings. The Morgan fingerprint density at radius 1 is 0.923 bits per heavy atom. The second-order valence-corrected chi connectivity index (χ2v) is 18.5. The number of hydrogen-bond acceptors (Lipinski definition) is 18. The number of ether oxygens (including phenoxy) is 7. The standard InChI is InChI=1S/C47H75N5O13/c1-11-37-32(24-61-47-45(60-10)44(59-9)41(57)29(6)63-47)19-25(2)15-16-35(53)26(3)20-31(17-18-52-23-34(49-50-52)30-13-12-14-33(48)21-30)43(27(4)36(54)22-38(55)64-37)65-46-42(58)39(51(7)8)40(56)28(5)62-46/h12-16,19,21,26-29,31-32,34,36-37,39-47,54,56-58H,11,17-18,20,22-24,48H2,1-10H3/b16-15+,25-19+/t26-,27+,28-,29-,31+,32-,34?,36-,37-,39+,40-,41-,42-,43-,44-,45-,46+,47-/m1/s1. The number of carbonyl (C=O) groups excluding carboxylic acids is 2. The van der Waals surface area contributed by atoms with Crippen molar-refractivity contribution in [3.63, 3.8) is 0 Å². The SMILES string of the molecule is CC[C@H]1OC(=O)C[C@@H](O)[C@H](C)[C@@H](O[C@@H]2O[C@H](C)[C@@H](O)[C@H](N(C)C)[C@H]2O)[C@@H](CCN2CC(c3cccc(N)c3)N=N2)C[C@@H](C)C(=O)/C=C/C(C)=C/[C@@H]1CO[C@@H]1O[C@H](C)[C@@H](O)[C@@H](OC)[C@H]1OC. The molecule has 1 aromatic carbocycles. The molecular weight excluding hydrogens is 843 g/mol. The lowest BCUT2D eigenvalue weighted by Gasteiger charge is -2.46. The molecule has 4 aliphatic rings. The molecule has 0 bridgehead atoms. The van der Waals surface area contributed by atoms with Gasteiger partial charge in [-0.2, -0.15) is 5.11 Å². The van der Waals surface area contributed by atoms with Gasteiger partial charge in [0.05, 0.1) is 56.1 Å². The molecule has 6 N–H and O–H groups in total. The molecule has 0 saturated carbocycles. The minimum atomic E-state index is -1.29. The molecule has 1 unspecified atom stereocenters. The number of aliphatic hydroxyl groups excluding tert-OH is 4. The van der Waals surface area contributed by atoms with Crippen LogP contribution in [0.4, 0.5) is 5.69 Å². The molecule has 18 atom stereocenters. The minimum absolute atomic E-state index is 0.0170. The molecular formula is C47H75N5O13. The van der Waals surface area contributed by atoms with E-state index in [0.29, 0.717) is 38.0 Å². The summed E-state index contributed by atoms with van der Waals surface area (Å²) in [5, 5.41) is 56.2. The molecule has 18 nitrogen and oxygen atoms in total. The van der Waals surface area contributed by atoms with Crippen LogP contribution in [0.15, 0.2) is 58.4 Å². The van der Waals surface area contributed by atoms with Gasteiger partial charge in [-0.3, -0.25) is 14.6 Å². The van der Waals surface area contributed by atoms with E-state index in [2.05, 4.69) is 10.3 Å². The molecule has 0 amide bonds. The lowest BCUT2D eigenvalue weighted by Crippen LogP contribution is -2.63. The molecule has 2 saturated heterocycles. The number of anilines is 1. The summed E-state index contributed by atoms with van der Waals surface area (Å²) in [4.78, 5) is 29.7. The normalized spacial score (nSPS) is 40.4. The first-order valence-electron chi connectivity index (χ1n) is 23.0. The smallest absolute Gasteiger partial charge is 0.308 e. The highest BCUT2D eigenvalue weighted by Gasteiger charge is 2.48. The van der Waals surface area contributed by atoms with Crippen molar-refractivity contribution in [1.29, 1.82) is 0 Å². The maximum absolute atomic E-state index is 14.0. The Labute approximate surface area is 384 Å². The number of esters is 1. The Morgan fingerprint density at radius 3 is 2.28 bits per heavy atom. The largest absolute Gasteiger partial charge is 0.462 e. The van der Waals surface area contributed by atoms with E-state index in [1.165, 1.54) is 14.2 Å². The van der Waals surface area contributed by atoms with Gasteiger partial charge in [-0.05, 0) is 83.8 Å². The third kappa shape index (κ3) is 13.4. The number of carbonyl (C=O) groups is 2. The van der Waals surface area contributed by atoms with Crippen LogP contribution in [0.1, 0.15) is 78.8 Å². The van der Waals surface area contributed by atoms with Crippen LogP contribution in [-0.2, 0) is 42.7 Å². The van der Waals surface area contributed by atoms with Crippen LogP contribution in [0, 0.1) is 23.7 Å². The highest BCUT2D eigenvalue weighted by molar-refractivity contribution is 5.91. The van der Waals surface area contributed by atoms with Gasteiger partial charge < -0.3 is 64.2 Å². The predicted octanol–water partition coefficient (Wildman–Crippen LogP) is 3.37. The molecule has 18 heteroatoms. The molecule has 0 radical (unpaired) electrons. The van der Waals surface area contributed by atoms with Crippen molar-refractivity contribution in [3.8, 4) is 0 Å². The summed E-state index contributed by atoms with van der Waals surface area (Å²) in [6, 6.07) is 6.58. The van der Waals surface area contributed by atoms with E-state index in [-0.39, 0.29) is 24.9 Å². The number of ketones is 1. The van der Waals surface area contributed by atoms with E-state index >= 15 is 0 Å². The summed E-state index contributed by atoms with van der Waals surface area (Å²) in [7, 11) is 6.46. The van der Waals surface area contributed by atoms with Crippen molar-refractivity contribution >= 4 is 17.4 Å². The van der Waals surface area contributed by atoms with Crippen LogP contribution >= 0.6 is 0 Å². The van der Waals surface area contributed by atoms with Crippen LogP contribution in [0.2, 0.25) is 0 Å². The fourth-order valence-corrected chi connectivity index (χ4v) is 9.48. The van der Waals surface area contributed by atoms with Crippen molar-refractivity contribution in [1.82, 2.24) is 9.91 Å². The minimum Gasteiger partial charge on any atom is -0.462 e. The molecule has 0 aromatic heterocycles. The third-order valence-corrected chi connectivity index (χ3v) is 13.5. The number of nitrogens with two attached hydrogens (primary N) is 1. The number of hydrogen-bond donors (Lipinski definition) is 5.